The van der Waals surface area contributed by atoms with Gasteiger partial charge in [-0.1, -0.05) is 6.42 Å². The lowest BCUT2D eigenvalue weighted by Gasteiger charge is -2.11. The molecular formula is C18H21N3O2S2. The van der Waals surface area contributed by atoms with Crippen LogP contribution < -0.4 is 10.6 Å². The van der Waals surface area contributed by atoms with Crippen LogP contribution in [-0.4, -0.2) is 22.7 Å². The Morgan fingerprint density at radius 3 is 2.92 bits per heavy atom. The van der Waals surface area contributed by atoms with E-state index >= 15 is 0 Å². The van der Waals surface area contributed by atoms with Crippen LogP contribution in [0.5, 0.6) is 0 Å². The summed E-state index contributed by atoms with van der Waals surface area (Å²) in [6.07, 6.45) is 8.80. The van der Waals surface area contributed by atoms with Gasteiger partial charge in [-0.3, -0.25) is 4.98 Å². The smallest absolute Gasteiger partial charge is 0.341 e. The van der Waals surface area contributed by atoms with Gasteiger partial charge in [0.1, 0.15) is 5.00 Å². The molecule has 0 atom stereocenters. The number of ether oxygens (including phenoxy) is 1. The predicted octanol–water partition coefficient (Wildman–Crippen LogP) is 4.40. The number of rotatable bonds is 4. The van der Waals surface area contributed by atoms with Crippen molar-refractivity contribution >= 4 is 45.3 Å². The van der Waals surface area contributed by atoms with Crippen molar-refractivity contribution in [2.45, 2.75) is 39.0 Å². The molecule has 0 fully saturated rings. The first-order valence-corrected chi connectivity index (χ1v) is 9.71. The molecule has 5 nitrogen and oxygen atoms in total. The molecular weight excluding hydrogens is 354 g/mol. The second-order valence-corrected chi connectivity index (χ2v) is 7.32. The lowest BCUT2D eigenvalue weighted by molar-refractivity contribution is 0.0527. The van der Waals surface area contributed by atoms with E-state index in [9.17, 15) is 4.79 Å². The molecule has 0 radical (unpaired) electrons. The summed E-state index contributed by atoms with van der Waals surface area (Å²) in [5, 5.41) is 7.49. The van der Waals surface area contributed by atoms with E-state index in [1.165, 1.54) is 11.3 Å². The fourth-order valence-electron chi connectivity index (χ4n) is 2.95. The molecule has 0 aromatic carbocycles. The van der Waals surface area contributed by atoms with E-state index in [1.54, 1.807) is 23.7 Å². The largest absolute Gasteiger partial charge is 0.462 e. The highest BCUT2D eigenvalue weighted by molar-refractivity contribution is 7.80. The van der Waals surface area contributed by atoms with Crippen LogP contribution in [0, 0.1) is 0 Å². The van der Waals surface area contributed by atoms with Gasteiger partial charge in [0.05, 0.1) is 24.1 Å². The van der Waals surface area contributed by atoms with Crippen LogP contribution in [0.1, 0.15) is 47.0 Å². The number of anilines is 2. The molecule has 2 N–H and O–H groups in total. The Kier molecular flexibility index (Phi) is 5.99. The lowest BCUT2D eigenvalue weighted by Crippen LogP contribution is -2.20. The topological polar surface area (TPSA) is 63.2 Å². The summed E-state index contributed by atoms with van der Waals surface area (Å²) in [6.45, 7) is 2.19. The van der Waals surface area contributed by atoms with Crippen molar-refractivity contribution in [2.24, 2.45) is 0 Å². The highest BCUT2D eigenvalue weighted by Gasteiger charge is 2.26. The maximum Gasteiger partial charge on any atom is 0.341 e. The number of esters is 1. The molecule has 2 heterocycles. The zero-order valence-corrected chi connectivity index (χ0v) is 15.8. The van der Waals surface area contributed by atoms with Crippen molar-refractivity contribution < 1.29 is 9.53 Å². The Labute approximate surface area is 156 Å². The highest BCUT2D eigenvalue weighted by Crippen LogP contribution is 2.38. The molecule has 25 heavy (non-hydrogen) atoms. The molecule has 1 aliphatic carbocycles. The Bertz CT molecular complexity index is 759. The molecule has 0 bridgehead atoms. The molecule has 0 saturated heterocycles. The molecule has 132 valence electrons. The molecule has 2 aromatic heterocycles. The summed E-state index contributed by atoms with van der Waals surface area (Å²) in [4.78, 5) is 17.8. The first-order valence-electron chi connectivity index (χ1n) is 8.48. The monoisotopic (exact) mass is 375 g/mol. The zero-order valence-electron chi connectivity index (χ0n) is 14.1. The average Bonchev–Trinajstić information content (AvgIpc) is 2.77. The van der Waals surface area contributed by atoms with Crippen molar-refractivity contribution in [3.8, 4) is 0 Å². The van der Waals surface area contributed by atoms with Gasteiger partial charge in [-0.2, -0.15) is 0 Å². The minimum atomic E-state index is -0.270. The van der Waals surface area contributed by atoms with Crippen molar-refractivity contribution in [1.82, 2.24) is 4.98 Å². The number of fused-ring (bicyclic) bond motifs is 1. The van der Waals surface area contributed by atoms with Crippen LogP contribution in [0.4, 0.5) is 10.7 Å². The number of nitrogens with one attached hydrogen (secondary N) is 2. The molecule has 0 amide bonds. The minimum Gasteiger partial charge on any atom is -0.462 e. The van der Waals surface area contributed by atoms with E-state index in [0.717, 1.165) is 41.9 Å². The maximum atomic E-state index is 12.5. The summed E-state index contributed by atoms with van der Waals surface area (Å²) in [6, 6.07) is 3.72. The van der Waals surface area contributed by atoms with Gasteiger partial charge in [0.15, 0.2) is 5.11 Å². The number of aryl methyl sites for hydroxylation is 1. The summed E-state index contributed by atoms with van der Waals surface area (Å²) < 4.78 is 5.29. The minimum absolute atomic E-state index is 0.270. The SMILES string of the molecule is CCOC(=O)c1c(NC(=S)Nc2cccnc2)sc2c1CCCCC2. The third kappa shape index (κ3) is 4.35. The van der Waals surface area contributed by atoms with Crippen LogP contribution in [0.25, 0.3) is 0 Å². The summed E-state index contributed by atoms with van der Waals surface area (Å²) in [5.41, 5.74) is 2.59. The van der Waals surface area contributed by atoms with Gasteiger partial charge in [-0.05, 0) is 62.5 Å². The van der Waals surface area contributed by atoms with E-state index in [0.29, 0.717) is 17.3 Å². The summed E-state index contributed by atoms with van der Waals surface area (Å²) in [5.74, 6) is -0.270. The summed E-state index contributed by atoms with van der Waals surface area (Å²) >= 11 is 7.01. The third-order valence-corrected chi connectivity index (χ3v) is 5.46. The molecule has 0 saturated carbocycles. The van der Waals surface area contributed by atoms with Crippen LogP contribution in [0.2, 0.25) is 0 Å². The molecule has 1 aliphatic rings. The second kappa shape index (κ2) is 8.40. The van der Waals surface area contributed by atoms with Crippen LogP contribution in [0.3, 0.4) is 0 Å². The number of aromatic nitrogens is 1. The molecule has 3 rings (SSSR count). The normalized spacial score (nSPS) is 13.5. The number of pyridine rings is 1. The Balaban J connectivity index is 1.84. The van der Waals surface area contributed by atoms with E-state index in [2.05, 4.69) is 15.6 Å². The number of thiocarbonyl (C=S) groups is 1. The van der Waals surface area contributed by atoms with E-state index < -0.39 is 0 Å². The number of nitrogens with zero attached hydrogens (tertiary/aromatic N) is 1. The number of carbonyl (C=O) groups is 1. The fraction of sp³-hybridized carbons (Fsp3) is 0.389. The first kappa shape index (κ1) is 17.8. The van der Waals surface area contributed by atoms with Crippen LogP contribution in [0.15, 0.2) is 24.5 Å². The number of thiophene rings is 1. The Hall–Kier alpha value is -1.99. The average molecular weight is 376 g/mol. The van der Waals surface area contributed by atoms with Crippen LogP contribution in [-0.2, 0) is 17.6 Å². The van der Waals surface area contributed by atoms with Gasteiger partial charge in [0.25, 0.3) is 0 Å². The van der Waals surface area contributed by atoms with E-state index in [4.69, 9.17) is 17.0 Å². The standard InChI is InChI=1S/C18H21N3O2S2/c1-2-23-17(22)15-13-8-4-3-5-9-14(13)25-16(15)21-18(24)20-12-7-6-10-19-11-12/h6-7,10-11H,2-5,8-9H2,1H3,(H2,20,21,24). The lowest BCUT2D eigenvalue weighted by atomic mass is 10.1. The van der Waals surface area contributed by atoms with Gasteiger partial charge < -0.3 is 15.4 Å². The third-order valence-electron chi connectivity index (χ3n) is 4.05. The second-order valence-electron chi connectivity index (χ2n) is 5.81. The summed E-state index contributed by atoms with van der Waals surface area (Å²) in [7, 11) is 0. The van der Waals surface area contributed by atoms with Crippen molar-refractivity contribution in [1.29, 1.82) is 0 Å². The predicted molar refractivity (Wildman–Crippen MR) is 106 cm³/mol. The molecule has 0 spiro atoms. The zero-order chi connectivity index (χ0) is 17.6. The van der Waals surface area contributed by atoms with Crippen molar-refractivity contribution in [3.05, 3.63) is 40.5 Å². The van der Waals surface area contributed by atoms with E-state index in [1.807, 2.05) is 19.1 Å². The van der Waals surface area contributed by atoms with Crippen molar-refractivity contribution in [2.75, 3.05) is 17.2 Å². The van der Waals surface area contributed by atoms with Gasteiger partial charge in [-0.25, -0.2) is 4.79 Å². The number of carbonyl (C=O) groups excluding carboxylic acids is 1. The van der Waals surface area contributed by atoms with Crippen molar-refractivity contribution in [3.63, 3.8) is 0 Å². The molecule has 0 unspecified atom stereocenters. The van der Waals surface area contributed by atoms with Crippen LogP contribution >= 0.6 is 23.6 Å². The molecule has 0 aliphatic heterocycles. The van der Waals surface area contributed by atoms with E-state index in [-0.39, 0.29) is 5.97 Å². The first-order chi connectivity index (χ1) is 12.2. The number of hydrogen-bond acceptors (Lipinski definition) is 5. The Morgan fingerprint density at radius 2 is 2.16 bits per heavy atom. The van der Waals surface area contributed by atoms with Gasteiger partial charge in [0.2, 0.25) is 0 Å². The highest BCUT2D eigenvalue weighted by atomic mass is 32.1. The molecule has 2 aromatic rings. The van der Waals surface area contributed by atoms with Gasteiger partial charge in [0, 0.05) is 11.1 Å². The Morgan fingerprint density at radius 1 is 1.32 bits per heavy atom. The van der Waals surface area contributed by atoms with Gasteiger partial charge in [-0.15, -0.1) is 11.3 Å². The maximum absolute atomic E-state index is 12.5. The number of hydrogen-bond donors (Lipinski definition) is 2. The molecule has 7 heteroatoms. The fourth-order valence-corrected chi connectivity index (χ4v) is 4.52. The van der Waals surface area contributed by atoms with Gasteiger partial charge >= 0.3 is 5.97 Å². The quantitative estimate of drug-likeness (QED) is 0.469.